The van der Waals surface area contributed by atoms with Crippen LogP contribution < -0.4 is 0 Å². The van der Waals surface area contributed by atoms with E-state index in [1.54, 1.807) is 0 Å². The third-order valence-corrected chi connectivity index (χ3v) is 11.6. The molecule has 0 amide bonds. The first-order valence-electron chi connectivity index (χ1n) is 18.6. The second kappa shape index (κ2) is 11.2. The van der Waals surface area contributed by atoms with Crippen LogP contribution in [0, 0.1) is 0 Å². The summed E-state index contributed by atoms with van der Waals surface area (Å²) in [5, 5.41) is 7.44. The molecule has 0 radical (unpaired) electrons. The van der Waals surface area contributed by atoms with Gasteiger partial charge in [0.25, 0.3) is 0 Å². The maximum absolute atomic E-state index is 6.12. The van der Waals surface area contributed by atoms with Gasteiger partial charge in [0.1, 0.15) is 11.2 Å². The molecule has 1 aliphatic carbocycles. The van der Waals surface area contributed by atoms with Crippen molar-refractivity contribution in [2.45, 2.75) is 0 Å². The van der Waals surface area contributed by atoms with Gasteiger partial charge in [0.05, 0.1) is 11.0 Å². The SMILES string of the molecule is c1cc(-c2ccc(-c3ccc4c5c(cccc35)-c3ccccc3-4)cc2)cc(-n2c3ccccc3c3cc(-c4ccc5oc6ccccc6c5c4)ccc32)c1. The standard InChI is InChI=1S/C52H31NO/c1-2-12-40-39(11-1)44-16-8-15-43-38(25-26-45(40)52(43)44)33-21-19-32(20-22-33)34-9-7-10-37(29-34)53-48-17-5-3-13-41(48)46-30-35(23-27-49(46)53)36-24-28-51-47(31-36)42-14-4-6-18-50(42)54-51/h1-31H. The van der Waals surface area contributed by atoms with E-state index in [1.165, 1.54) is 88.2 Å². The molecule has 1 aliphatic rings. The quantitative estimate of drug-likeness (QED) is 0.180. The molecule has 2 nitrogen and oxygen atoms in total. The predicted octanol–water partition coefficient (Wildman–Crippen LogP) is 14.5. The highest BCUT2D eigenvalue weighted by molar-refractivity contribution is 6.18. The molecule has 2 aromatic heterocycles. The summed E-state index contributed by atoms with van der Waals surface area (Å²) in [6, 6.07) is 68.6. The predicted molar refractivity (Wildman–Crippen MR) is 226 cm³/mol. The van der Waals surface area contributed by atoms with E-state index in [0.717, 1.165) is 27.6 Å². The lowest BCUT2D eigenvalue weighted by Crippen LogP contribution is -1.94. The largest absolute Gasteiger partial charge is 0.456 e. The van der Waals surface area contributed by atoms with Crippen molar-refractivity contribution in [3.05, 3.63) is 188 Å². The monoisotopic (exact) mass is 685 g/mol. The molecule has 0 spiro atoms. The zero-order valence-electron chi connectivity index (χ0n) is 29.3. The van der Waals surface area contributed by atoms with Crippen molar-refractivity contribution in [1.29, 1.82) is 0 Å². The number of fused-ring (bicyclic) bond motifs is 9. The highest BCUT2D eigenvalue weighted by atomic mass is 16.3. The molecule has 9 aromatic carbocycles. The molecule has 0 fully saturated rings. The lowest BCUT2D eigenvalue weighted by Gasteiger charge is -2.12. The van der Waals surface area contributed by atoms with Crippen LogP contribution in [0.15, 0.2) is 192 Å². The van der Waals surface area contributed by atoms with Crippen molar-refractivity contribution in [2.24, 2.45) is 0 Å². The fourth-order valence-electron chi connectivity index (χ4n) is 9.06. The number of rotatable bonds is 4. The van der Waals surface area contributed by atoms with Crippen LogP contribution in [-0.2, 0) is 0 Å². The van der Waals surface area contributed by atoms with E-state index in [4.69, 9.17) is 4.42 Å². The molecule has 0 saturated carbocycles. The first-order valence-corrected chi connectivity index (χ1v) is 18.6. The molecule has 0 saturated heterocycles. The molecule has 0 bridgehead atoms. The molecule has 0 aliphatic heterocycles. The highest BCUT2D eigenvalue weighted by Crippen LogP contribution is 2.49. The Morgan fingerprint density at radius 2 is 0.870 bits per heavy atom. The lowest BCUT2D eigenvalue weighted by atomic mass is 9.93. The summed E-state index contributed by atoms with van der Waals surface area (Å²) < 4.78 is 8.53. The van der Waals surface area contributed by atoms with Crippen LogP contribution in [0.5, 0.6) is 0 Å². The zero-order chi connectivity index (χ0) is 35.3. The number of nitrogens with zero attached hydrogens (tertiary/aromatic N) is 1. The van der Waals surface area contributed by atoms with Crippen LogP contribution in [-0.4, -0.2) is 4.57 Å². The summed E-state index contributed by atoms with van der Waals surface area (Å²) in [4.78, 5) is 0. The lowest BCUT2D eigenvalue weighted by molar-refractivity contribution is 0.669. The van der Waals surface area contributed by atoms with Crippen molar-refractivity contribution >= 4 is 54.5 Å². The van der Waals surface area contributed by atoms with Crippen LogP contribution in [0.25, 0.3) is 116 Å². The van der Waals surface area contributed by atoms with Gasteiger partial charge in [-0.15, -0.1) is 0 Å². The van der Waals surface area contributed by atoms with E-state index in [2.05, 4.69) is 180 Å². The summed E-state index contributed by atoms with van der Waals surface area (Å²) in [7, 11) is 0. The molecule has 0 N–H and O–H groups in total. The van der Waals surface area contributed by atoms with Gasteiger partial charge in [-0.3, -0.25) is 0 Å². The molecule has 2 heteroatoms. The third kappa shape index (κ3) is 4.22. The highest BCUT2D eigenvalue weighted by Gasteiger charge is 2.22. The van der Waals surface area contributed by atoms with Gasteiger partial charge in [0, 0.05) is 27.2 Å². The van der Waals surface area contributed by atoms with Crippen LogP contribution in [0.3, 0.4) is 0 Å². The number of para-hydroxylation sites is 2. The molecule has 54 heavy (non-hydrogen) atoms. The Kier molecular flexibility index (Phi) is 6.09. The minimum absolute atomic E-state index is 0.916. The summed E-state index contributed by atoms with van der Waals surface area (Å²) in [6.45, 7) is 0. The maximum atomic E-state index is 6.12. The summed E-state index contributed by atoms with van der Waals surface area (Å²) in [6.07, 6.45) is 0. The van der Waals surface area contributed by atoms with Gasteiger partial charge in [-0.2, -0.15) is 0 Å². The second-order valence-electron chi connectivity index (χ2n) is 14.5. The number of hydrogen-bond donors (Lipinski definition) is 0. The average Bonchev–Trinajstić information content (AvgIpc) is 3.89. The van der Waals surface area contributed by atoms with Gasteiger partial charge in [0.15, 0.2) is 0 Å². The first kappa shape index (κ1) is 29.4. The fraction of sp³-hybridized carbons (Fsp3) is 0. The van der Waals surface area contributed by atoms with Crippen LogP contribution in [0.4, 0.5) is 0 Å². The number of hydrogen-bond acceptors (Lipinski definition) is 1. The van der Waals surface area contributed by atoms with Crippen molar-refractivity contribution in [3.8, 4) is 61.3 Å². The third-order valence-electron chi connectivity index (χ3n) is 11.6. The minimum atomic E-state index is 0.916. The Bertz CT molecular complexity index is 3290. The minimum Gasteiger partial charge on any atom is -0.456 e. The summed E-state index contributed by atoms with van der Waals surface area (Å²) >= 11 is 0. The number of aromatic nitrogens is 1. The Balaban J connectivity index is 0.930. The molecule has 11 aromatic rings. The smallest absolute Gasteiger partial charge is 0.135 e. The van der Waals surface area contributed by atoms with Crippen molar-refractivity contribution in [2.75, 3.05) is 0 Å². The Morgan fingerprint density at radius 3 is 1.74 bits per heavy atom. The molecule has 12 rings (SSSR count). The van der Waals surface area contributed by atoms with Crippen molar-refractivity contribution in [1.82, 2.24) is 4.57 Å². The second-order valence-corrected chi connectivity index (χ2v) is 14.5. The Labute approximate surface area is 311 Å². The van der Waals surface area contributed by atoms with Crippen molar-refractivity contribution < 1.29 is 4.42 Å². The van der Waals surface area contributed by atoms with Gasteiger partial charge in [-0.05, 0) is 115 Å². The topological polar surface area (TPSA) is 18.1 Å². The average molecular weight is 686 g/mol. The Morgan fingerprint density at radius 1 is 0.296 bits per heavy atom. The van der Waals surface area contributed by atoms with E-state index in [9.17, 15) is 0 Å². The van der Waals surface area contributed by atoms with Gasteiger partial charge < -0.3 is 8.98 Å². The van der Waals surface area contributed by atoms with Crippen molar-refractivity contribution in [3.63, 3.8) is 0 Å². The maximum Gasteiger partial charge on any atom is 0.135 e. The normalized spacial score (nSPS) is 12.1. The number of furan rings is 1. The van der Waals surface area contributed by atoms with Gasteiger partial charge >= 0.3 is 0 Å². The molecule has 2 heterocycles. The summed E-state index contributed by atoms with van der Waals surface area (Å²) in [5.41, 5.74) is 18.0. The molecular weight excluding hydrogens is 655 g/mol. The molecule has 250 valence electrons. The first-order chi connectivity index (χ1) is 26.8. The zero-order valence-corrected chi connectivity index (χ0v) is 29.3. The van der Waals surface area contributed by atoms with Gasteiger partial charge in [-0.1, -0.05) is 140 Å². The van der Waals surface area contributed by atoms with E-state index < -0.39 is 0 Å². The van der Waals surface area contributed by atoms with Crippen LogP contribution in [0.2, 0.25) is 0 Å². The van der Waals surface area contributed by atoms with E-state index in [0.29, 0.717) is 0 Å². The molecular formula is C52H31NO. The van der Waals surface area contributed by atoms with E-state index in [1.807, 2.05) is 12.1 Å². The number of benzene rings is 9. The van der Waals surface area contributed by atoms with Gasteiger partial charge in [-0.25, -0.2) is 0 Å². The summed E-state index contributed by atoms with van der Waals surface area (Å²) in [5.74, 6) is 0. The van der Waals surface area contributed by atoms with E-state index in [-0.39, 0.29) is 0 Å². The van der Waals surface area contributed by atoms with Gasteiger partial charge in [0.2, 0.25) is 0 Å². The van der Waals surface area contributed by atoms with Crippen LogP contribution in [0.1, 0.15) is 0 Å². The molecule has 0 unspecified atom stereocenters. The molecule has 0 atom stereocenters. The van der Waals surface area contributed by atoms with Crippen LogP contribution >= 0.6 is 0 Å². The van der Waals surface area contributed by atoms with E-state index >= 15 is 0 Å². The Hall–Kier alpha value is -7.16. The fourth-order valence-corrected chi connectivity index (χ4v) is 9.06.